The molecule has 0 radical (unpaired) electrons. The molecule has 1 amide bonds. The maximum atomic E-state index is 14.8. The van der Waals surface area contributed by atoms with Gasteiger partial charge in [-0.3, -0.25) is 14.0 Å². The van der Waals surface area contributed by atoms with Gasteiger partial charge in [0.25, 0.3) is 5.91 Å². The first kappa shape index (κ1) is 29.2. The average molecular weight is 572 g/mol. The number of halogens is 3. The van der Waals surface area contributed by atoms with Gasteiger partial charge in [0.2, 0.25) is 5.91 Å². The fraction of sp³-hybridized carbons (Fsp3) is 0.276. The molecular formula is C29H28F3N3O6. The SMILES string of the molecule is C.CF.O=C(Cc1ccc2c(c1)OCCO2)Nc1nn(C(=O)Cc2ccc3c(c2)OCCO3)c2cc(F)cc(F)c12. The van der Waals surface area contributed by atoms with Crippen molar-refractivity contribution < 1.29 is 41.7 Å². The second-order valence-electron chi connectivity index (χ2n) is 8.79. The van der Waals surface area contributed by atoms with E-state index in [9.17, 15) is 22.8 Å². The molecule has 41 heavy (non-hydrogen) atoms. The molecule has 1 aromatic heterocycles. The molecule has 0 saturated heterocycles. The Bertz CT molecular complexity index is 1590. The Labute approximate surface area is 233 Å². The highest BCUT2D eigenvalue weighted by Gasteiger charge is 2.23. The number of amides is 1. The van der Waals surface area contributed by atoms with Crippen LogP contribution in [0.15, 0.2) is 48.5 Å². The lowest BCUT2D eigenvalue weighted by molar-refractivity contribution is -0.115. The third-order valence-corrected chi connectivity index (χ3v) is 6.13. The highest BCUT2D eigenvalue weighted by molar-refractivity contribution is 6.03. The van der Waals surface area contributed by atoms with Crippen molar-refractivity contribution in [3.63, 3.8) is 0 Å². The molecule has 0 fully saturated rings. The molecule has 4 aromatic rings. The number of hydrogen-bond donors (Lipinski definition) is 1. The van der Waals surface area contributed by atoms with E-state index in [1.807, 2.05) is 0 Å². The Hall–Kier alpha value is -4.74. The van der Waals surface area contributed by atoms with Crippen LogP contribution in [0.2, 0.25) is 0 Å². The maximum Gasteiger partial charge on any atom is 0.251 e. The van der Waals surface area contributed by atoms with Crippen LogP contribution >= 0.6 is 0 Å². The van der Waals surface area contributed by atoms with Crippen molar-refractivity contribution in [3.8, 4) is 23.0 Å². The van der Waals surface area contributed by atoms with Crippen LogP contribution in [0, 0.1) is 11.6 Å². The van der Waals surface area contributed by atoms with E-state index < -0.39 is 23.4 Å². The van der Waals surface area contributed by atoms with Gasteiger partial charge in [-0.15, -0.1) is 5.10 Å². The number of fused-ring (bicyclic) bond motifs is 3. The van der Waals surface area contributed by atoms with Gasteiger partial charge in [-0.25, -0.2) is 8.78 Å². The molecule has 3 aromatic carbocycles. The van der Waals surface area contributed by atoms with E-state index in [0.717, 1.165) is 10.7 Å². The summed E-state index contributed by atoms with van der Waals surface area (Å²) in [7, 11) is 0.500. The molecule has 0 spiro atoms. The first-order valence-corrected chi connectivity index (χ1v) is 12.3. The van der Waals surface area contributed by atoms with Crippen LogP contribution in [0.1, 0.15) is 23.3 Å². The molecule has 9 nitrogen and oxygen atoms in total. The van der Waals surface area contributed by atoms with Gasteiger partial charge in [-0.1, -0.05) is 19.6 Å². The van der Waals surface area contributed by atoms with Crippen molar-refractivity contribution >= 4 is 28.5 Å². The quantitative estimate of drug-likeness (QED) is 0.354. The summed E-state index contributed by atoms with van der Waals surface area (Å²) in [6.45, 7) is 1.68. The zero-order valence-electron chi connectivity index (χ0n) is 21.3. The molecule has 2 aliphatic rings. The largest absolute Gasteiger partial charge is 0.486 e. The molecular weight excluding hydrogens is 543 g/mol. The third-order valence-electron chi connectivity index (χ3n) is 6.13. The number of hydrogen-bond acceptors (Lipinski definition) is 7. The normalized spacial score (nSPS) is 13.0. The zero-order chi connectivity index (χ0) is 28.2. The molecule has 0 saturated carbocycles. The molecule has 3 heterocycles. The van der Waals surface area contributed by atoms with Gasteiger partial charge in [-0.05, 0) is 35.4 Å². The van der Waals surface area contributed by atoms with Crippen LogP contribution in [0.25, 0.3) is 10.9 Å². The predicted molar refractivity (Wildman–Crippen MR) is 145 cm³/mol. The number of benzene rings is 3. The Morgan fingerprint density at radius 1 is 0.805 bits per heavy atom. The van der Waals surface area contributed by atoms with Crippen molar-refractivity contribution in [1.82, 2.24) is 9.78 Å². The topological polar surface area (TPSA) is 101 Å². The van der Waals surface area contributed by atoms with Gasteiger partial charge >= 0.3 is 0 Å². The van der Waals surface area contributed by atoms with Gasteiger partial charge in [0.1, 0.15) is 38.1 Å². The van der Waals surface area contributed by atoms with Crippen LogP contribution in [0.5, 0.6) is 23.0 Å². The number of nitrogens with one attached hydrogen (secondary N) is 1. The predicted octanol–water partition coefficient (Wildman–Crippen LogP) is 5.14. The first-order chi connectivity index (χ1) is 19.4. The van der Waals surface area contributed by atoms with Crippen molar-refractivity contribution in [2.75, 3.05) is 38.9 Å². The highest BCUT2D eigenvalue weighted by atomic mass is 19.1. The summed E-state index contributed by atoms with van der Waals surface area (Å²) in [4.78, 5) is 26.0. The van der Waals surface area contributed by atoms with E-state index in [1.165, 1.54) is 0 Å². The van der Waals surface area contributed by atoms with Gasteiger partial charge in [0, 0.05) is 12.1 Å². The second-order valence-corrected chi connectivity index (χ2v) is 8.79. The number of carbonyl (C=O) groups is 2. The summed E-state index contributed by atoms with van der Waals surface area (Å²) >= 11 is 0. The molecule has 6 rings (SSSR count). The van der Waals surface area contributed by atoms with Crippen molar-refractivity contribution in [2.24, 2.45) is 0 Å². The summed E-state index contributed by atoms with van der Waals surface area (Å²) in [6, 6.07) is 11.9. The van der Waals surface area contributed by atoms with Crippen molar-refractivity contribution in [1.29, 1.82) is 0 Å². The van der Waals surface area contributed by atoms with Gasteiger partial charge in [-0.2, -0.15) is 4.68 Å². The molecule has 2 aliphatic heterocycles. The first-order valence-electron chi connectivity index (χ1n) is 12.3. The minimum Gasteiger partial charge on any atom is -0.486 e. The monoisotopic (exact) mass is 571 g/mol. The summed E-state index contributed by atoms with van der Waals surface area (Å²) in [6.07, 6.45) is -0.199. The van der Waals surface area contributed by atoms with Crippen LogP contribution in [-0.4, -0.2) is 55.2 Å². The van der Waals surface area contributed by atoms with E-state index in [-0.39, 0.29) is 37.0 Å². The summed E-state index contributed by atoms with van der Waals surface area (Å²) < 4.78 is 61.5. The molecule has 0 bridgehead atoms. The van der Waals surface area contributed by atoms with Gasteiger partial charge < -0.3 is 24.3 Å². The molecule has 0 aliphatic carbocycles. The van der Waals surface area contributed by atoms with E-state index >= 15 is 0 Å². The number of nitrogens with zero attached hydrogens (tertiary/aromatic N) is 2. The summed E-state index contributed by atoms with van der Waals surface area (Å²) in [5, 5.41) is 6.55. The maximum absolute atomic E-state index is 14.8. The molecule has 216 valence electrons. The highest BCUT2D eigenvalue weighted by Crippen LogP contribution is 2.33. The number of ether oxygens (including phenoxy) is 4. The molecule has 0 atom stereocenters. The second kappa shape index (κ2) is 12.6. The van der Waals surface area contributed by atoms with Crippen molar-refractivity contribution in [3.05, 3.63) is 71.3 Å². The lowest BCUT2D eigenvalue weighted by Gasteiger charge is -2.18. The zero-order valence-corrected chi connectivity index (χ0v) is 21.3. The fourth-order valence-electron chi connectivity index (χ4n) is 4.45. The molecule has 1 N–H and O–H groups in total. The van der Waals surface area contributed by atoms with Crippen LogP contribution in [0.3, 0.4) is 0 Å². The standard InChI is InChI=1S/C27H21F2N3O6.CH3F.CH4/c28-17-13-18(29)26-19(14-17)32(25(34)12-16-2-4-21-23(10-16)38-8-6-36-21)31-27(26)30-24(33)11-15-1-3-20-22(9-15)37-7-5-35-20;1-2;/h1-4,9-10,13-14H,5-8,11-12H2,(H,30,31,33);1H3;1H4. The van der Waals surface area contributed by atoms with E-state index in [1.54, 1.807) is 36.4 Å². The summed E-state index contributed by atoms with van der Waals surface area (Å²) in [5.74, 6) is -0.866. The Kier molecular flexibility index (Phi) is 9.00. The van der Waals surface area contributed by atoms with E-state index in [2.05, 4.69) is 10.4 Å². The minimum atomic E-state index is -0.951. The lowest BCUT2D eigenvalue weighted by Crippen LogP contribution is -2.19. The minimum absolute atomic E-state index is 0. The van der Waals surface area contributed by atoms with Crippen molar-refractivity contribution in [2.45, 2.75) is 20.3 Å². The smallest absolute Gasteiger partial charge is 0.251 e. The Morgan fingerprint density at radius 3 is 1.93 bits per heavy atom. The van der Waals surface area contributed by atoms with Crippen LogP contribution in [-0.2, 0) is 17.6 Å². The third kappa shape index (κ3) is 6.21. The summed E-state index contributed by atoms with van der Waals surface area (Å²) in [5.41, 5.74) is 1.14. The van der Waals surface area contributed by atoms with Crippen LogP contribution in [0.4, 0.5) is 19.0 Å². The fourth-order valence-corrected chi connectivity index (χ4v) is 4.45. The number of carbonyl (C=O) groups excluding carboxylic acids is 2. The number of rotatable bonds is 5. The lowest BCUT2D eigenvalue weighted by atomic mass is 10.1. The average Bonchev–Trinajstić information content (AvgIpc) is 3.32. The van der Waals surface area contributed by atoms with Gasteiger partial charge in [0.05, 0.1) is 30.9 Å². The number of alkyl halides is 1. The van der Waals surface area contributed by atoms with Gasteiger partial charge in [0.15, 0.2) is 28.8 Å². The molecule has 12 heteroatoms. The van der Waals surface area contributed by atoms with Crippen LogP contribution < -0.4 is 24.3 Å². The Morgan fingerprint density at radius 2 is 1.34 bits per heavy atom. The van der Waals surface area contributed by atoms with E-state index in [0.29, 0.717) is 73.8 Å². The molecule has 0 unspecified atom stereocenters. The number of anilines is 1. The Balaban J connectivity index is 0.00000126. The number of aromatic nitrogens is 2. The van der Waals surface area contributed by atoms with E-state index in [4.69, 9.17) is 18.9 Å².